The molecule has 0 bridgehead atoms. The van der Waals surface area contributed by atoms with Crippen molar-refractivity contribution in [3.05, 3.63) is 58.6 Å². The third-order valence-corrected chi connectivity index (χ3v) is 3.32. The van der Waals surface area contributed by atoms with Gasteiger partial charge in [-0.25, -0.2) is 0 Å². The van der Waals surface area contributed by atoms with Crippen LogP contribution in [0.5, 0.6) is 5.75 Å². The Hall–Kier alpha value is -1.81. The molecule has 0 aliphatic carbocycles. The number of halogens is 1. The van der Waals surface area contributed by atoms with E-state index in [-0.39, 0.29) is 11.7 Å². The van der Waals surface area contributed by atoms with Gasteiger partial charge in [0.15, 0.2) is 0 Å². The predicted molar refractivity (Wildman–Crippen MR) is 75.0 cm³/mol. The highest BCUT2D eigenvalue weighted by Gasteiger charge is 2.15. The van der Waals surface area contributed by atoms with Gasteiger partial charge in [0, 0.05) is 23.3 Å². The minimum atomic E-state index is -0.131. The molecule has 0 unspecified atom stereocenters. The predicted octanol–water partition coefficient (Wildman–Crippen LogP) is 3.43. The standard InChI is InChI=1S/C14H12BrNO2/c1-16(10-5-4-6-11(17)9-10)14(18)12-7-2-3-8-13(12)15/h2-9,17H,1H3. The molecule has 0 atom stereocenters. The van der Waals surface area contributed by atoms with E-state index in [1.807, 2.05) is 18.2 Å². The van der Waals surface area contributed by atoms with E-state index in [0.717, 1.165) is 4.47 Å². The summed E-state index contributed by atoms with van der Waals surface area (Å²) in [5.41, 5.74) is 1.24. The molecule has 2 aromatic carbocycles. The quantitative estimate of drug-likeness (QED) is 0.923. The molecule has 2 aromatic rings. The Labute approximate surface area is 114 Å². The third-order valence-electron chi connectivity index (χ3n) is 2.63. The van der Waals surface area contributed by atoms with E-state index < -0.39 is 0 Å². The first-order chi connectivity index (χ1) is 8.59. The summed E-state index contributed by atoms with van der Waals surface area (Å²) in [5, 5.41) is 9.42. The third kappa shape index (κ3) is 2.54. The molecule has 2 rings (SSSR count). The zero-order valence-corrected chi connectivity index (χ0v) is 11.4. The zero-order valence-electron chi connectivity index (χ0n) is 9.80. The maximum Gasteiger partial charge on any atom is 0.259 e. The number of carbonyl (C=O) groups is 1. The number of carbonyl (C=O) groups excluding carboxylic acids is 1. The van der Waals surface area contributed by atoms with E-state index in [9.17, 15) is 9.90 Å². The second-order valence-corrected chi connectivity index (χ2v) is 4.72. The Morgan fingerprint density at radius 2 is 1.89 bits per heavy atom. The lowest BCUT2D eigenvalue weighted by molar-refractivity contribution is 0.0992. The van der Waals surface area contributed by atoms with Crippen LogP contribution in [0, 0.1) is 0 Å². The first-order valence-electron chi connectivity index (χ1n) is 5.41. The van der Waals surface area contributed by atoms with E-state index >= 15 is 0 Å². The van der Waals surface area contributed by atoms with Crippen LogP contribution in [0.25, 0.3) is 0 Å². The number of benzene rings is 2. The van der Waals surface area contributed by atoms with Gasteiger partial charge >= 0.3 is 0 Å². The van der Waals surface area contributed by atoms with Crippen molar-refractivity contribution in [2.75, 3.05) is 11.9 Å². The highest BCUT2D eigenvalue weighted by Crippen LogP contribution is 2.23. The number of aromatic hydroxyl groups is 1. The van der Waals surface area contributed by atoms with Crippen molar-refractivity contribution < 1.29 is 9.90 Å². The second kappa shape index (κ2) is 5.23. The van der Waals surface area contributed by atoms with Crippen LogP contribution in [0.2, 0.25) is 0 Å². The molecule has 18 heavy (non-hydrogen) atoms. The van der Waals surface area contributed by atoms with Crippen molar-refractivity contribution in [3.63, 3.8) is 0 Å². The number of phenolic OH excluding ortho intramolecular Hbond substituents is 1. The monoisotopic (exact) mass is 305 g/mol. The van der Waals surface area contributed by atoms with E-state index in [2.05, 4.69) is 15.9 Å². The van der Waals surface area contributed by atoms with Crippen molar-refractivity contribution in [3.8, 4) is 5.75 Å². The van der Waals surface area contributed by atoms with E-state index in [4.69, 9.17) is 0 Å². The van der Waals surface area contributed by atoms with Crippen LogP contribution in [-0.4, -0.2) is 18.1 Å². The van der Waals surface area contributed by atoms with Gasteiger partial charge in [-0.05, 0) is 40.2 Å². The molecule has 4 heteroatoms. The van der Waals surface area contributed by atoms with Crippen LogP contribution < -0.4 is 4.90 Å². The topological polar surface area (TPSA) is 40.5 Å². The molecule has 0 heterocycles. The molecule has 0 saturated heterocycles. The summed E-state index contributed by atoms with van der Waals surface area (Å²) in [4.78, 5) is 13.8. The molecule has 1 amide bonds. The first kappa shape index (κ1) is 12.6. The lowest BCUT2D eigenvalue weighted by Gasteiger charge is -2.18. The van der Waals surface area contributed by atoms with E-state index in [1.165, 1.54) is 4.90 Å². The fourth-order valence-corrected chi connectivity index (χ4v) is 2.09. The van der Waals surface area contributed by atoms with Gasteiger partial charge in [-0.2, -0.15) is 0 Å². The normalized spacial score (nSPS) is 10.1. The first-order valence-corrected chi connectivity index (χ1v) is 6.20. The smallest absolute Gasteiger partial charge is 0.259 e. The average molecular weight is 306 g/mol. The summed E-state index contributed by atoms with van der Waals surface area (Å²) in [7, 11) is 1.68. The number of nitrogens with zero attached hydrogens (tertiary/aromatic N) is 1. The van der Waals surface area contributed by atoms with Crippen LogP contribution in [0.3, 0.4) is 0 Å². The average Bonchev–Trinajstić information content (AvgIpc) is 2.37. The van der Waals surface area contributed by atoms with Gasteiger partial charge in [-0.1, -0.05) is 18.2 Å². The number of phenols is 1. The summed E-state index contributed by atoms with van der Waals surface area (Å²) >= 11 is 3.36. The fourth-order valence-electron chi connectivity index (χ4n) is 1.63. The summed E-state index contributed by atoms with van der Waals surface area (Å²) in [6, 6.07) is 13.8. The number of rotatable bonds is 2. The van der Waals surface area contributed by atoms with E-state index in [0.29, 0.717) is 11.3 Å². The van der Waals surface area contributed by atoms with Crippen LogP contribution in [-0.2, 0) is 0 Å². The molecule has 0 saturated carbocycles. The van der Waals surface area contributed by atoms with Gasteiger partial charge in [-0.15, -0.1) is 0 Å². The molecule has 92 valence electrons. The van der Waals surface area contributed by atoms with Crippen molar-refractivity contribution in [2.24, 2.45) is 0 Å². The molecule has 3 nitrogen and oxygen atoms in total. The van der Waals surface area contributed by atoms with Gasteiger partial charge in [0.05, 0.1) is 5.56 Å². The summed E-state index contributed by atoms with van der Waals surface area (Å²) in [5.74, 6) is 0.00681. The van der Waals surface area contributed by atoms with Crippen LogP contribution in [0.4, 0.5) is 5.69 Å². The number of hydrogen-bond donors (Lipinski definition) is 1. The van der Waals surface area contributed by atoms with Gasteiger partial charge < -0.3 is 10.0 Å². The molecule has 0 fully saturated rings. The van der Waals surface area contributed by atoms with Crippen LogP contribution in [0.15, 0.2) is 53.0 Å². The molecular weight excluding hydrogens is 294 g/mol. The van der Waals surface area contributed by atoms with Gasteiger partial charge in [0.1, 0.15) is 5.75 Å². The highest BCUT2D eigenvalue weighted by atomic mass is 79.9. The van der Waals surface area contributed by atoms with Crippen molar-refractivity contribution in [1.82, 2.24) is 0 Å². The Kier molecular flexibility index (Phi) is 3.67. The fraction of sp³-hybridized carbons (Fsp3) is 0.0714. The minimum absolute atomic E-state index is 0.131. The summed E-state index contributed by atoms with van der Waals surface area (Å²) in [6.07, 6.45) is 0. The molecule has 0 aliphatic rings. The number of amides is 1. The summed E-state index contributed by atoms with van der Waals surface area (Å²) in [6.45, 7) is 0. The molecule has 0 aromatic heterocycles. The maximum atomic E-state index is 12.3. The summed E-state index contributed by atoms with van der Waals surface area (Å²) < 4.78 is 0.752. The molecule has 1 N–H and O–H groups in total. The largest absolute Gasteiger partial charge is 0.508 e. The Balaban J connectivity index is 2.32. The molecule has 0 radical (unpaired) electrons. The van der Waals surface area contributed by atoms with Gasteiger partial charge in [0.25, 0.3) is 5.91 Å². The van der Waals surface area contributed by atoms with Crippen molar-refractivity contribution >= 4 is 27.5 Å². The van der Waals surface area contributed by atoms with E-state index in [1.54, 1.807) is 37.4 Å². The Bertz CT molecular complexity index is 584. The van der Waals surface area contributed by atoms with Gasteiger partial charge in [-0.3, -0.25) is 4.79 Å². The minimum Gasteiger partial charge on any atom is -0.508 e. The lowest BCUT2D eigenvalue weighted by atomic mass is 10.2. The van der Waals surface area contributed by atoms with Gasteiger partial charge in [0.2, 0.25) is 0 Å². The lowest BCUT2D eigenvalue weighted by Crippen LogP contribution is -2.26. The Morgan fingerprint density at radius 3 is 2.56 bits per heavy atom. The maximum absolute atomic E-state index is 12.3. The SMILES string of the molecule is CN(C(=O)c1ccccc1Br)c1cccc(O)c1. The van der Waals surface area contributed by atoms with Crippen LogP contribution in [0.1, 0.15) is 10.4 Å². The number of anilines is 1. The van der Waals surface area contributed by atoms with Crippen molar-refractivity contribution in [2.45, 2.75) is 0 Å². The van der Waals surface area contributed by atoms with Crippen LogP contribution >= 0.6 is 15.9 Å². The Morgan fingerprint density at radius 1 is 1.17 bits per heavy atom. The number of hydrogen-bond acceptors (Lipinski definition) is 2. The zero-order chi connectivity index (χ0) is 13.1. The molecule has 0 spiro atoms. The van der Waals surface area contributed by atoms with Crippen molar-refractivity contribution in [1.29, 1.82) is 0 Å². The second-order valence-electron chi connectivity index (χ2n) is 3.86. The molecular formula is C14H12BrNO2. The highest BCUT2D eigenvalue weighted by molar-refractivity contribution is 9.10. The molecule has 0 aliphatic heterocycles.